The molecule has 2 N–H and O–H groups in total. The number of carbonyl (C=O) groups is 3. The largest absolute Gasteiger partial charge is 0.378 e. The fourth-order valence-electron chi connectivity index (χ4n) is 5.35. The topological polar surface area (TPSA) is 116 Å². The summed E-state index contributed by atoms with van der Waals surface area (Å²) in [6.07, 6.45) is 1.91. The third kappa shape index (κ3) is 8.24. The first-order valence-corrected chi connectivity index (χ1v) is 16.4. The molecule has 240 valence electrons. The Balaban J connectivity index is 1.13. The highest BCUT2D eigenvalue weighted by Gasteiger charge is 2.39. The number of ether oxygens (including phenoxy) is 1. The molecule has 3 heterocycles. The molecule has 1 unspecified atom stereocenters. The molecular formula is C36H36N6O4S. The highest BCUT2D eigenvalue weighted by atomic mass is 32.2. The molecule has 2 atom stereocenters. The molecule has 2 fully saturated rings. The SMILES string of the molecule is C[C@H](NC(=O)Cc1ccccc1)C(=O)Nc1ccc(C2S/C(=N\c3ccc(N4CCOCC4)cc3)N(Cc3ccccn3)C2=O)cc1. The average molecular weight is 649 g/mol. The van der Waals surface area contributed by atoms with Crippen LogP contribution in [0, 0.1) is 0 Å². The Morgan fingerprint density at radius 3 is 2.38 bits per heavy atom. The summed E-state index contributed by atoms with van der Waals surface area (Å²) in [5.74, 6) is -0.649. The van der Waals surface area contributed by atoms with Crippen LogP contribution in [0.1, 0.15) is 29.0 Å². The van der Waals surface area contributed by atoms with Crippen molar-refractivity contribution in [2.75, 3.05) is 36.5 Å². The first kappa shape index (κ1) is 32.0. The minimum atomic E-state index is -0.722. The van der Waals surface area contributed by atoms with Crippen LogP contribution >= 0.6 is 11.8 Å². The van der Waals surface area contributed by atoms with E-state index in [1.165, 1.54) is 11.8 Å². The van der Waals surface area contributed by atoms with E-state index in [2.05, 4.69) is 32.7 Å². The maximum Gasteiger partial charge on any atom is 0.247 e. The number of anilines is 2. The van der Waals surface area contributed by atoms with Crippen molar-refractivity contribution in [1.82, 2.24) is 15.2 Å². The minimum Gasteiger partial charge on any atom is -0.378 e. The van der Waals surface area contributed by atoms with Gasteiger partial charge in [-0.25, -0.2) is 4.99 Å². The van der Waals surface area contributed by atoms with Crippen molar-refractivity contribution in [2.24, 2.45) is 4.99 Å². The summed E-state index contributed by atoms with van der Waals surface area (Å²) in [5, 5.41) is 5.69. The summed E-state index contributed by atoms with van der Waals surface area (Å²) in [4.78, 5) is 52.4. The number of thioether (sulfide) groups is 1. The molecule has 6 rings (SSSR count). The Bertz CT molecular complexity index is 1710. The van der Waals surface area contributed by atoms with Crippen LogP contribution in [0.2, 0.25) is 0 Å². The Kier molecular flexibility index (Phi) is 10.2. The lowest BCUT2D eigenvalue weighted by molar-refractivity contribution is -0.126. The number of amidine groups is 1. The van der Waals surface area contributed by atoms with Gasteiger partial charge in [0, 0.05) is 30.7 Å². The number of morpholine rings is 1. The van der Waals surface area contributed by atoms with Gasteiger partial charge in [-0.2, -0.15) is 0 Å². The summed E-state index contributed by atoms with van der Waals surface area (Å²) in [6, 6.07) is 29.5. The second-order valence-electron chi connectivity index (χ2n) is 11.3. The normalized spacial score (nSPS) is 17.9. The maximum absolute atomic E-state index is 13.8. The molecule has 3 amide bonds. The Hall–Kier alpha value is -5.00. The number of benzene rings is 3. The third-order valence-corrected chi connectivity index (χ3v) is 9.13. The third-order valence-electron chi connectivity index (χ3n) is 7.90. The van der Waals surface area contributed by atoms with Crippen LogP contribution < -0.4 is 15.5 Å². The van der Waals surface area contributed by atoms with E-state index in [9.17, 15) is 14.4 Å². The van der Waals surface area contributed by atoms with E-state index in [0.717, 1.165) is 41.3 Å². The first-order chi connectivity index (χ1) is 22.9. The van der Waals surface area contributed by atoms with Crippen LogP contribution in [0.5, 0.6) is 0 Å². The molecule has 4 aromatic rings. The molecule has 0 saturated carbocycles. The molecule has 10 nitrogen and oxygen atoms in total. The van der Waals surface area contributed by atoms with Crippen LogP contribution in [-0.2, 0) is 32.1 Å². The zero-order valence-electron chi connectivity index (χ0n) is 26.0. The number of hydrogen-bond acceptors (Lipinski definition) is 8. The van der Waals surface area contributed by atoms with Gasteiger partial charge in [0.2, 0.25) is 17.7 Å². The number of aliphatic imine (C=N–C) groups is 1. The molecule has 0 bridgehead atoms. The molecule has 47 heavy (non-hydrogen) atoms. The van der Waals surface area contributed by atoms with Gasteiger partial charge < -0.3 is 20.3 Å². The number of rotatable bonds is 10. The molecule has 0 radical (unpaired) electrons. The van der Waals surface area contributed by atoms with Gasteiger partial charge in [-0.1, -0.05) is 60.3 Å². The van der Waals surface area contributed by atoms with Crippen LogP contribution in [0.15, 0.2) is 108 Å². The van der Waals surface area contributed by atoms with Crippen molar-refractivity contribution in [1.29, 1.82) is 0 Å². The van der Waals surface area contributed by atoms with Crippen molar-refractivity contribution in [2.45, 2.75) is 31.2 Å². The van der Waals surface area contributed by atoms with Crippen molar-refractivity contribution < 1.29 is 19.1 Å². The zero-order chi connectivity index (χ0) is 32.6. The number of aromatic nitrogens is 1. The van der Waals surface area contributed by atoms with Gasteiger partial charge in [0.25, 0.3) is 0 Å². The molecule has 2 aliphatic heterocycles. The highest BCUT2D eigenvalue weighted by Crippen LogP contribution is 2.41. The monoisotopic (exact) mass is 648 g/mol. The van der Waals surface area contributed by atoms with Crippen LogP contribution in [0.3, 0.4) is 0 Å². The van der Waals surface area contributed by atoms with E-state index in [-0.39, 0.29) is 24.1 Å². The van der Waals surface area contributed by atoms with Gasteiger partial charge in [-0.05, 0) is 66.6 Å². The summed E-state index contributed by atoms with van der Waals surface area (Å²) >= 11 is 1.40. The van der Waals surface area contributed by atoms with E-state index in [1.807, 2.05) is 72.8 Å². The smallest absolute Gasteiger partial charge is 0.247 e. The molecule has 0 spiro atoms. The number of pyridine rings is 1. The van der Waals surface area contributed by atoms with Crippen molar-refractivity contribution in [3.8, 4) is 0 Å². The molecular weight excluding hydrogens is 613 g/mol. The van der Waals surface area contributed by atoms with E-state index >= 15 is 0 Å². The predicted octanol–water partition coefficient (Wildman–Crippen LogP) is 5.11. The summed E-state index contributed by atoms with van der Waals surface area (Å²) < 4.78 is 5.47. The summed E-state index contributed by atoms with van der Waals surface area (Å²) in [7, 11) is 0. The van der Waals surface area contributed by atoms with Crippen molar-refractivity contribution >= 4 is 51.7 Å². The quantitative estimate of drug-likeness (QED) is 0.246. The van der Waals surface area contributed by atoms with Gasteiger partial charge >= 0.3 is 0 Å². The maximum atomic E-state index is 13.8. The minimum absolute atomic E-state index is 0.0872. The fraction of sp³-hybridized carbons (Fsp3) is 0.250. The molecule has 2 saturated heterocycles. The number of nitrogens with zero attached hydrogens (tertiary/aromatic N) is 4. The summed E-state index contributed by atoms with van der Waals surface area (Å²) in [5.41, 5.74) is 4.87. The van der Waals surface area contributed by atoms with E-state index in [0.29, 0.717) is 30.6 Å². The number of hydrogen-bond donors (Lipinski definition) is 2. The van der Waals surface area contributed by atoms with Crippen LogP contribution in [0.4, 0.5) is 17.1 Å². The Labute approximate surface area is 278 Å². The average Bonchev–Trinajstić information content (AvgIpc) is 3.40. The Morgan fingerprint density at radius 1 is 0.957 bits per heavy atom. The van der Waals surface area contributed by atoms with E-state index in [4.69, 9.17) is 9.73 Å². The number of amides is 3. The van der Waals surface area contributed by atoms with Gasteiger partial charge in [-0.15, -0.1) is 0 Å². The predicted molar refractivity (Wildman–Crippen MR) is 185 cm³/mol. The lowest BCUT2D eigenvalue weighted by atomic mass is 10.1. The van der Waals surface area contributed by atoms with E-state index < -0.39 is 11.3 Å². The van der Waals surface area contributed by atoms with Gasteiger partial charge in [0.1, 0.15) is 11.3 Å². The van der Waals surface area contributed by atoms with Crippen molar-refractivity contribution in [3.63, 3.8) is 0 Å². The van der Waals surface area contributed by atoms with E-state index in [1.54, 1.807) is 30.2 Å². The molecule has 2 aliphatic rings. The van der Waals surface area contributed by atoms with Gasteiger partial charge in [0.15, 0.2) is 5.17 Å². The van der Waals surface area contributed by atoms with Gasteiger partial charge in [0.05, 0.1) is 37.6 Å². The van der Waals surface area contributed by atoms with Crippen LogP contribution in [0.25, 0.3) is 0 Å². The number of carbonyl (C=O) groups excluding carboxylic acids is 3. The van der Waals surface area contributed by atoms with Gasteiger partial charge in [-0.3, -0.25) is 24.3 Å². The molecule has 0 aliphatic carbocycles. The molecule has 3 aromatic carbocycles. The summed E-state index contributed by atoms with van der Waals surface area (Å²) in [6.45, 7) is 5.08. The Morgan fingerprint density at radius 2 is 1.68 bits per heavy atom. The zero-order valence-corrected chi connectivity index (χ0v) is 26.9. The second-order valence-corrected chi connectivity index (χ2v) is 12.4. The molecule has 1 aromatic heterocycles. The lowest BCUT2D eigenvalue weighted by Crippen LogP contribution is -2.42. The molecule has 11 heteroatoms. The number of nitrogens with one attached hydrogen (secondary N) is 2. The van der Waals surface area contributed by atoms with Crippen molar-refractivity contribution in [3.05, 3.63) is 120 Å². The first-order valence-electron chi connectivity index (χ1n) is 15.6. The standard InChI is InChI=1S/C36H36N6O4S/c1-25(38-32(43)23-26-7-3-2-4-8-26)34(44)39-28-12-10-27(11-13-28)33-35(45)42(24-30-9-5-6-18-37-30)36(47-33)40-29-14-16-31(17-15-29)41-19-21-46-22-20-41/h2-18,25,33H,19-24H2,1H3,(H,38,43)(H,39,44)/b40-36-/t25-,33?/m0/s1. The lowest BCUT2D eigenvalue weighted by Gasteiger charge is -2.28. The van der Waals surface area contributed by atoms with Crippen LogP contribution in [-0.4, -0.2) is 65.1 Å². The fourth-order valence-corrected chi connectivity index (χ4v) is 6.52. The highest BCUT2D eigenvalue weighted by molar-refractivity contribution is 8.15. The second kappa shape index (κ2) is 15.1.